The van der Waals surface area contributed by atoms with Gasteiger partial charge in [-0.2, -0.15) is 0 Å². The SMILES string of the molecule is Nc1cnc(Oc2ccc(Cl)c3ccccc23)c(Cl)c1. The minimum absolute atomic E-state index is 0.313. The number of rotatable bonds is 2. The lowest BCUT2D eigenvalue weighted by molar-refractivity contribution is 0.469. The van der Waals surface area contributed by atoms with Crippen molar-refractivity contribution in [2.75, 3.05) is 5.73 Å². The smallest absolute Gasteiger partial charge is 0.238 e. The van der Waals surface area contributed by atoms with Gasteiger partial charge in [-0.25, -0.2) is 4.98 Å². The summed E-state index contributed by atoms with van der Waals surface area (Å²) in [6, 6.07) is 12.9. The van der Waals surface area contributed by atoms with Crippen LogP contribution in [0.3, 0.4) is 0 Å². The maximum Gasteiger partial charge on any atom is 0.238 e. The van der Waals surface area contributed by atoms with Gasteiger partial charge in [-0.15, -0.1) is 0 Å². The molecule has 2 aromatic carbocycles. The first kappa shape index (κ1) is 13.0. The number of pyridine rings is 1. The number of anilines is 1. The summed E-state index contributed by atoms with van der Waals surface area (Å²) < 4.78 is 5.78. The molecule has 0 unspecified atom stereocenters. The molecule has 3 nitrogen and oxygen atoms in total. The van der Waals surface area contributed by atoms with Crippen molar-refractivity contribution >= 4 is 39.7 Å². The van der Waals surface area contributed by atoms with Crippen LogP contribution in [-0.2, 0) is 0 Å². The van der Waals surface area contributed by atoms with Crippen molar-refractivity contribution in [2.45, 2.75) is 0 Å². The highest BCUT2D eigenvalue weighted by atomic mass is 35.5. The molecule has 0 saturated heterocycles. The lowest BCUT2D eigenvalue weighted by Crippen LogP contribution is -1.93. The fourth-order valence-electron chi connectivity index (χ4n) is 1.94. The zero-order chi connectivity index (χ0) is 14.1. The first-order valence-corrected chi connectivity index (χ1v) is 6.67. The third-order valence-electron chi connectivity index (χ3n) is 2.87. The van der Waals surface area contributed by atoms with Gasteiger partial charge in [0.2, 0.25) is 5.88 Å². The van der Waals surface area contributed by atoms with Crippen molar-refractivity contribution in [3.8, 4) is 11.6 Å². The summed E-state index contributed by atoms with van der Waals surface area (Å²) >= 11 is 12.2. The van der Waals surface area contributed by atoms with Crippen molar-refractivity contribution in [3.05, 3.63) is 58.7 Å². The third kappa shape index (κ3) is 2.38. The number of nitrogen functional groups attached to an aromatic ring is 1. The Labute approximate surface area is 125 Å². The van der Waals surface area contributed by atoms with Crippen molar-refractivity contribution in [1.29, 1.82) is 0 Å². The fourth-order valence-corrected chi connectivity index (χ4v) is 2.38. The second-order valence-corrected chi connectivity index (χ2v) is 5.06. The van der Waals surface area contributed by atoms with Gasteiger partial charge in [0.15, 0.2) is 0 Å². The van der Waals surface area contributed by atoms with Gasteiger partial charge in [0, 0.05) is 15.8 Å². The van der Waals surface area contributed by atoms with Crippen molar-refractivity contribution in [2.24, 2.45) is 0 Å². The molecule has 0 aliphatic rings. The van der Waals surface area contributed by atoms with Gasteiger partial charge in [0.1, 0.15) is 10.8 Å². The standard InChI is InChI=1S/C15H10Cl2N2O/c16-12-5-6-14(11-4-2-1-3-10(11)12)20-15-13(17)7-9(18)8-19-15/h1-8H,18H2. The van der Waals surface area contributed by atoms with Gasteiger partial charge in [-0.3, -0.25) is 0 Å². The Hall–Kier alpha value is -1.97. The van der Waals surface area contributed by atoms with Crippen LogP contribution in [0.25, 0.3) is 10.8 Å². The molecule has 0 aliphatic heterocycles. The van der Waals surface area contributed by atoms with Crippen LogP contribution in [-0.4, -0.2) is 4.98 Å². The Kier molecular flexibility index (Phi) is 3.38. The van der Waals surface area contributed by atoms with Crippen LogP contribution in [0.2, 0.25) is 10.0 Å². The Balaban J connectivity index is 2.09. The molecule has 0 aliphatic carbocycles. The normalized spacial score (nSPS) is 10.7. The van der Waals surface area contributed by atoms with Crippen molar-refractivity contribution in [3.63, 3.8) is 0 Å². The molecule has 0 bridgehead atoms. The number of benzene rings is 2. The average molecular weight is 305 g/mol. The lowest BCUT2D eigenvalue weighted by atomic mass is 10.1. The number of fused-ring (bicyclic) bond motifs is 1. The summed E-state index contributed by atoms with van der Waals surface area (Å²) in [6.07, 6.45) is 1.50. The lowest BCUT2D eigenvalue weighted by Gasteiger charge is -2.10. The van der Waals surface area contributed by atoms with Gasteiger partial charge in [-0.1, -0.05) is 47.5 Å². The number of halogens is 2. The molecule has 100 valence electrons. The third-order valence-corrected chi connectivity index (χ3v) is 3.47. The van der Waals surface area contributed by atoms with Crippen molar-refractivity contribution in [1.82, 2.24) is 4.98 Å². The first-order valence-electron chi connectivity index (χ1n) is 5.91. The molecule has 2 N–H and O–H groups in total. The summed E-state index contributed by atoms with van der Waals surface area (Å²) in [5.41, 5.74) is 6.10. The number of hydrogen-bond donors (Lipinski definition) is 1. The monoisotopic (exact) mass is 304 g/mol. The summed E-state index contributed by atoms with van der Waals surface area (Å²) in [5.74, 6) is 0.956. The molecule has 3 aromatic rings. The van der Waals surface area contributed by atoms with E-state index in [0.29, 0.717) is 27.4 Å². The van der Waals surface area contributed by atoms with E-state index in [2.05, 4.69) is 4.98 Å². The van der Waals surface area contributed by atoms with Crippen LogP contribution in [0.4, 0.5) is 5.69 Å². The second-order valence-electron chi connectivity index (χ2n) is 4.25. The zero-order valence-corrected chi connectivity index (χ0v) is 11.8. The average Bonchev–Trinajstić information content (AvgIpc) is 2.45. The fraction of sp³-hybridized carbons (Fsp3) is 0. The Morgan fingerprint density at radius 2 is 1.70 bits per heavy atom. The zero-order valence-electron chi connectivity index (χ0n) is 10.3. The van der Waals surface area contributed by atoms with E-state index in [-0.39, 0.29) is 0 Å². The van der Waals surface area contributed by atoms with Crippen LogP contribution in [0.15, 0.2) is 48.7 Å². The minimum Gasteiger partial charge on any atom is -0.437 e. The van der Waals surface area contributed by atoms with E-state index in [1.165, 1.54) is 6.20 Å². The molecule has 1 aromatic heterocycles. The quantitative estimate of drug-likeness (QED) is 0.731. The maximum atomic E-state index is 6.17. The predicted molar refractivity (Wildman–Crippen MR) is 82.7 cm³/mol. The molecular formula is C15H10Cl2N2O. The largest absolute Gasteiger partial charge is 0.437 e. The summed E-state index contributed by atoms with van der Waals surface area (Å²) in [6.45, 7) is 0. The highest BCUT2D eigenvalue weighted by Crippen LogP contribution is 2.35. The van der Waals surface area contributed by atoms with Crippen LogP contribution in [0, 0.1) is 0 Å². The van der Waals surface area contributed by atoms with E-state index in [1.807, 2.05) is 24.3 Å². The van der Waals surface area contributed by atoms with E-state index in [9.17, 15) is 0 Å². The number of ether oxygens (including phenoxy) is 1. The van der Waals surface area contributed by atoms with Crippen LogP contribution < -0.4 is 10.5 Å². The van der Waals surface area contributed by atoms with E-state index >= 15 is 0 Å². The maximum absolute atomic E-state index is 6.17. The Morgan fingerprint density at radius 3 is 2.45 bits per heavy atom. The molecule has 1 heterocycles. The van der Waals surface area contributed by atoms with Gasteiger partial charge in [0.05, 0.1) is 11.9 Å². The van der Waals surface area contributed by atoms with E-state index in [4.69, 9.17) is 33.7 Å². The van der Waals surface area contributed by atoms with Crippen LogP contribution in [0.1, 0.15) is 0 Å². The summed E-state index contributed by atoms with van der Waals surface area (Å²) in [4.78, 5) is 4.09. The minimum atomic E-state index is 0.313. The molecule has 0 fully saturated rings. The van der Waals surface area contributed by atoms with Crippen LogP contribution >= 0.6 is 23.2 Å². The van der Waals surface area contributed by atoms with Gasteiger partial charge in [-0.05, 0) is 18.2 Å². The Bertz CT molecular complexity index is 790. The number of hydrogen-bond acceptors (Lipinski definition) is 3. The number of nitrogens with zero attached hydrogens (tertiary/aromatic N) is 1. The number of nitrogens with two attached hydrogens (primary N) is 1. The van der Waals surface area contributed by atoms with E-state index in [1.54, 1.807) is 18.2 Å². The molecule has 20 heavy (non-hydrogen) atoms. The molecular weight excluding hydrogens is 295 g/mol. The van der Waals surface area contributed by atoms with E-state index < -0.39 is 0 Å². The highest BCUT2D eigenvalue weighted by Gasteiger charge is 2.09. The van der Waals surface area contributed by atoms with E-state index in [0.717, 1.165) is 10.8 Å². The van der Waals surface area contributed by atoms with Gasteiger partial charge < -0.3 is 10.5 Å². The van der Waals surface area contributed by atoms with Crippen LogP contribution in [0.5, 0.6) is 11.6 Å². The molecule has 0 spiro atoms. The summed E-state index contributed by atoms with van der Waals surface area (Å²) in [5, 5.41) is 2.85. The molecule has 0 amide bonds. The van der Waals surface area contributed by atoms with Crippen molar-refractivity contribution < 1.29 is 4.74 Å². The molecule has 0 saturated carbocycles. The molecule has 3 rings (SSSR count). The molecule has 5 heteroatoms. The second kappa shape index (κ2) is 5.19. The Morgan fingerprint density at radius 1 is 0.950 bits per heavy atom. The highest BCUT2D eigenvalue weighted by molar-refractivity contribution is 6.35. The summed E-state index contributed by atoms with van der Waals surface area (Å²) in [7, 11) is 0. The molecule has 0 atom stereocenters. The first-order chi connectivity index (χ1) is 9.65. The molecule has 0 radical (unpaired) electrons. The number of aromatic nitrogens is 1. The predicted octanol–water partition coefficient (Wildman–Crippen LogP) is 4.92. The topological polar surface area (TPSA) is 48.1 Å². The van der Waals surface area contributed by atoms with Gasteiger partial charge >= 0.3 is 0 Å². The van der Waals surface area contributed by atoms with Gasteiger partial charge in [0.25, 0.3) is 0 Å².